The minimum absolute atomic E-state index is 0.131. The summed E-state index contributed by atoms with van der Waals surface area (Å²) in [4.78, 5) is 28.8. The molecular formula is C22H26N2O4. The molecule has 0 aliphatic heterocycles. The molecule has 0 fully saturated rings. The zero-order chi connectivity index (χ0) is 20.6. The number of allylic oxidation sites excluding steroid dienone is 1. The molecule has 0 bridgehead atoms. The summed E-state index contributed by atoms with van der Waals surface area (Å²) in [6.45, 7) is 7.97. The third-order valence-corrected chi connectivity index (χ3v) is 3.58. The van der Waals surface area contributed by atoms with Crippen LogP contribution in [0.2, 0.25) is 0 Å². The molecule has 0 spiro atoms. The molecule has 0 radical (unpaired) electrons. The quantitative estimate of drug-likeness (QED) is 0.575. The van der Waals surface area contributed by atoms with Crippen molar-refractivity contribution in [3.63, 3.8) is 0 Å². The molecule has 1 unspecified atom stereocenters. The second-order valence-corrected chi connectivity index (χ2v) is 7.23. The fourth-order valence-corrected chi connectivity index (χ4v) is 2.21. The number of ether oxygens (including phenoxy) is 2. The third kappa shape index (κ3) is 6.87. The molecule has 28 heavy (non-hydrogen) atoms. The van der Waals surface area contributed by atoms with Gasteiger partial charge in [0, 0.05) is 12.3 Å². The van der Waals surface area contributed by atoms with Crippen molar-refractivity contribution in [3.8, 4) is 11.6 Å². The van der Waals surface area contributed by atoms with E-state index in [4.69, 9.17) is 9.47 Å². The van der Waals surface area contributed by atoms with Crippen LogP contribution < -0.4 is 10.1 Å². The molecule has 148 valence electrons. The van der Waals surface area contributed by atoms with E-state index in [0.29, 0.717) is 17.2 Å². The van der Waals surface area contributed by atoms with Crippen LogP contribution in [0.15, 0.2) is 60.8 Å². The smallest absolute Gasteiger partial charge is 0.332 e. The fraction of sp³-hybridized carbons (Fsp3) is 0.318. The molecule has 1 atom stereocenters. The second-order valence-electron chi connectivity index (χ2n) is 7.23. The third-order valence-electron chi connectivity index (χ3n) is 3.58. The average Bonchev–Trinajstić information content (AvgIpc) is 2.66. The van der Waals surface area contributed by atoms with Gasteiger partial charge in [-0.3, -0.25) is 4.79 Å². The van der Waals surface area contributed by atoms with Crippen molar-refractivity contribution in [2.75, 3.05) is 6.61 Å². The van der Waals surface area contributed by atoms with E-state index in [9.17, 15) is 9.59 Å². The monoisotopic (exact) mass is 382 g/mol. The Labute approximate surface area is 165 Å². The van der Waals surface area contributed by atoms with Gasteiger partial charge in [-0.15, -0.1) is 0 Å². The fourth-order valence-electron chi connectivity index (χ4n) is 2.21. The Morgan fingerprint density at radius 2 is 1.86 bits per heavy atom. The highest BCUT2D eigenvalue weighted by Crippen LogP contribution is 2.19. The number of para-hydroxylation sites is 1. The average molecular weight is 382 g/mol. The molecule has 1 aromatic heterocycles. The lowest BCUT2D eigenvalue weighted by molar-refractivity contribution is -0.144. The van der Waals surface area contributed by atoms with Gasteiger partial charge in [0.2, 0.25) is 5.88 Å². The van der Waals surface area contributed by atoms with Crippen molar-refractivity contribution in [3.05, 3.63) is 66.4 Å². The van der Waals surface area contributed by atoms with E-state index in [1.807, 2.05) is 57.2 Å². The summed E-state index contributed by atoms with van der Waals surface area (Å²) in [5, 5.41) is 2.68. The zero-order valence-corrected chi connectivity index (χ0v) is 16.6. The maximum Gasteiger partial charge on any atom is 0.332 e. The molecule has 6 heteroatoms. The van der Waals surface area contributed by atoms with Crippen LogP contribution in [0.3, 0.4) is 0 Å². The molecule has 1 amide bonds. The molecule has 0 aliphatic carbocycles. The van der Waals surface area contributed by atoms with Gasteiger partial charge in [-0.1, -0.05) is 51.1 Å². The lowest BCUT2D eigenvalue weighted by Gasteiger charge is -2.17. The van der Waals surface area contributed by atoms with E-state index < -0.39 is 17.9 Å². The molecule has 1 heterocycles. The molecule has 2 aromatic rings. The van der Waals surface area contributed by atoms with Gasteiger partial charge in [-0.05, 0) is 30.5 Å². The summed E-state index contributed by atoms with van der Waals surface area (Å²) in [7, 11) is 0. The lowest BCUT2D eigenvalue weighted by Crippen LogP contribution is -2.40. The molecule has 6 nitrogen and oxygen atoms in total. The Morgan fingerprint density at radius 1 is 1.14 bits per heavy atom. The first-order valence-electron chi connectivity index (χ1n) is 9.14. The van der Waals surface area contributed by atoms with Crippen molar-refractivity contribution in [2.24, 2.45) is 5.41 Å². The SMILES string of the molecule is CCOC(=O)C(/C=C/C(C)(C)C)NC(=O)c1ccc(Oc2ccccc2)nc1. The van der Waals surface area contributed by atoms with Crippen molar-refractivity contribution < 1.29 is 19.1 Å². The van der Waals surface area contributed by atoms with Crippen LogP contribution in [0.5, 0.6) is 11.6 Å². The minimum atomic E-state index is -0.869. The van der Waals surface area contributed by atoms with Gasteiger partial charge >= 0.3 is 5.97 Å². The van der Waals surface area contributed by atoms with Crippen molar-refractivity contribution in [1.29, 1.82) is 0 Å². The largest absolute Gasteiger partial charge is 0.464 e. The van der Waals surface area contributed by atoms with Crippen molar-refractivity contribution >= 4 is 11.9 Å². The number of aromatic nitrogens is 1. The van der Waals surface area contributed by atoms with Crippen LogP contribution >= 0.6 is 0 Å². The Balaban J connectivity index is 2.07. The van der Waals surface area contributed by atoms with Gasteiger partial charge < -0.3 is 14.8 Å². The standard InChI is InChI=1S/C22H26N2O4/c1-5-27-21(26)18(13-14-22(2,3)4)24-20(25)16-11-12-19(23-15-16)28-17-9-7-6-8-10-17/h6-15,18H,5H2,1-4H3,(H,24,25)/b14-13+. The summed E-state index contributed by atoms with van der Waals surface area (Å²) in [6, 6.07) is 11.6. The highest BCUT2D eigenvalue weighted by atomic mass is 16.5. The molecule has 2 rings (SSSR count). The van der Waals surface area contributed by atoms with Gasteiger partial charge in [0.15, 0.2) is 0 Å². The first kappa shape index (κ1) is 21.2. The number of nitrogens with one attached hydrogen (secondary N) is 1. The Hall–Kier alpha value is -3.15. The zero-order valence-electron chi connectivity index (χ0n) is 16.6. The number of hydrogen-bond donors (Lipinski definition) is 1. The molecule has 0 saturated heterocycles. The number of pyridine rings is 1. The molecule has 0 aliphatic rings. The predicted octanol–water partition coefficient (Wildman–Crippen LogP) is 4.14. The second kappa shape index (κ2) is 9.69. The normalized spacial score (nSPS) is 12.4. The van der Waals surface area contributed by atoms with E-state index in [0.717, 1.165) is 0 Å². The summed E-state index contributed by atoms with van der Waals surface area (Å²) < 4.78 is 10.7. The van der Waals surface area contributed by atoms with E-state index in [1.54, 1.807) is 25.1 Å². The lowest BCUT2D eigenvalue weighted by atomic mass is 9.95. The maximum atomic E-state index is 12.5. The Kier molecular flexibility index (Phi) is 7.32. The van der Waals surface area contributed by atoms with Crippen LogP contribution in [-0.2, 0) is 9.53 Å². The Morgan fingerprint density at radius 3 is 2.43 bits per heavy atom. The summed E-state index contributed by atoms with van der Waals surface area (Å²) >= 11 is 0. The summed E-state index contributed by atoms with van der Waals surface area (Å²) in [5.74, 6) is 0.0999. The van der Waals surface area contributed by atoms with E-state index in [2.05, 4.69) is 10.3 Å². The van der Waals surface area contributed by atoms with Gasteiger partial charge in [0.1, 0.15) is 11.8 Å². The van der Waals surface area contributed by atoms with Crippen LogP contribution in [0.25, 0.3) is 0 Å². The number of amides is 1. The Bertz CT molecular complexity index is 809. The van der Waals surface area contributed by atoms with Gasteiger partial charge in [0.05, 0.1) is 12.2 Å². The van der Waals surface area contributed by atoms with Crippen LogP contribution in [-0.4, -0.2) is 29.5 Å². The molecular weight excluding hydrogens is 356 g/mol. The van der Waals surface area contributed by atoms with Crippen molar-refractivity contribution in [1.82, 2.24) is 10.3 Å². The first-order chi connectivity index (χ1) is 13.3. The van der Waals surface area contributed by atoms with Gasteiger partial charge in [-0.2, -0.15) is 0 Å². The number of nitrogens with zero attached hydrogens (tertiary/aromatic N) is 1. The highest BCUT2D eigenvalue weighted by Gasteiger charge is 2.21. The number of hydrogen-bond acceptors (Lipinski definition) is 5. The van der Waals surface area contributed by atoms with Crippen LogP contribution in [0.4, 0.5) is 0 Å². The number of carbonyl (C=O) groups excluding carboxylic acids is 2. The van der Waals surface area contributed by atoms with E-state index in [-0.39, 0.29) is 12.0 Å². The molecule has 1 aromatic carbocycles. The van der Waals surface area contributed by atoms with Gasteiger partial charge in [-0.25, -0.2) is 9.78 Å². The number of benzene rings is 1. The van der Waals surface area contributed by atoms with E-state index >= 15 is 0 Å². The number of rotatable bonds is 7. The van der Waals surface area contributed by atoms with Crippen molar-refractivity contribution in [2.45, 2.75) is 33.7 Å². The summed E-state index contributed by atoms with van der Waals surface area (Å²) in [6.07, 6.45) is 4.92. The topological polar surface area (TPSA) is 77.5 Å². The van der Waals surface area contributed by atoms with Gasteiger partial charge in [0.25, 0.3) is 5.91 Å². The number of carbonyl (C=O) groups is 2. The molecule has 0 saturated carbocycles. The van der Waals surface area contributed by atoms with Crippen LogP contribution in [0, 0.1) is 5.41 Å². The number of esters is 1. The maximum absolute atomic E-state index is 12.5. The summed E-state index contributed by atoms with van der Waals surface area (Å²) in [5.41, 5.74) is 0.187. The highest BCUT2D eigenvalue weighted by molar-refractivity contribution is 5.97. The van der Waals surface area contributed by atoms with E-state index in [1.165, 1.54) is 6.20 Å². The first-order valence-corrected chi connectivity index (χ1v) is 9.14. The predicted molar refractivity (Wildman–Crippen MR) is 107 cm³/mol. The minimum Gasteiger partial charge on any atom is -0.464 e. The van der Waals surface area contributed by atoms with Crippen LogP contribution in [0.1, 0.15) is 38.1 Å². The molecule has 1 N–H and O–H groups in total.